The van der Waals surface area contributed by atoms with E-state index in [4.69, 9.17) is 4.74 Å². The van der Waals surface area contributed by atoms with Crippen LogP contribution in [0.15, 0.2) is 52.1 Å². The van der Waals surface area contributed by atoms with E-state index in [-0.39, 0.29) is 5.75 Å². The third-order valence-corrected chi connectivity index (χ3v) is 6.23. The number of nitrogens with zero attached hydrogens (tertiary/aromatic N) is 3. The molecule has 0 fully saturated rings. The molecular formula is C22H23BrN4O2S. The van der Waals surface area contributed by atoms with Crippen LogP contribution in [0.25, 0.3) is 11.3 Å². The molecule has 0 amide bonds. The van der Waals surface area contributed by atoms with E-state index in [2.05, 4.69) is 43.4 Å². The van der Waals surface area contributed by atoms with Crippen LogP contribution in [0, 0.1) is 0 Å². The molecule has 6 nitrogen and oxygen atoms in total. The number of hydrogen-bond acceptors (Lipinski definition) is 7. The molecule has 0 unspecified atom stereocenters. The lowest BCUT2D eigenvalue weighted by atomic mass is 10.1. The van der Waals surface area contributed by atoms with Gasteiger partial charge in [0.1, 0.15) is 5.75 Å². The Morgan fingerprint density at radius 2 is 1.93 bits per heavy atom. The van der Waals surface area contributed by atoms with E-state index in [0.29, 0.717) is 16.7 Å². The maximum Gasteiger partial charge on any atom is 0.247 e. The number of phenols is 1. The molecule has 1 aliphatic rings. The summed E-state index contributed by atoms with van der Waals surface area (Å²) in [6, 6.07) is 12.9. The SMILES string of the molecule is CCCCCCSc1nnc2c(n1)O[C@H](c1ccc(O)cc1)Nc1ccc(Br)cc1-2. The van der Waals surface area contributed by atoms with E-state index in [0.717, 1.165) is 33.5 Å². The second-order valence-electron chi connectivity index (χ2n) is 7.08. The van der Waals surface area contributed by atoms with Gasteiger partial charge < -0.3 is 15.2 Å². The van der Waals surface area contributed by atoms with Gasteiger partial charge in [0.2, 0.25) is 11.0 Å². The van der Waals surface area contributed by atoms with Gasteiger partial charge in [0.15, 0.2) is 11.9 Å². The smallest absolute Gasteiger partial charge is 0.247 e. The number of anilines is 1. The first-order chi connectivity index (χ1) is 14.6. The summed E-state index contributed by atoms with van der Waals surface area (Å²) in [6.45, 7) is 2.21. The summed E-state index contributed by atoms with van der Waals surface area (Å²) in [5, 5.41) is 22.5. The van der Waals surface area contributed by atoms with Gasteiger partial charge in [-0.3, -0.25) is 0 Å². The average molecular weight is 487 g/mol. The molecule has 3 aromatic rings. The van der Waals surface area contributed by atoms with Crippen LogP contribution in [0.3, 0.4) is 0 Å². The Balaban J connectivity index is 1.65. The summed E-state index contributed by atoms with van der Waals surface area (Å²) in [5.74, 6) is 1.62. The Labute approximate surface area is 188 Å². The van der Waals surface area contributed by atoms with Gasteiger partial charge in [-0.1, -0.05) is 53.9 Å². The normalized spacial score (nSPS) is 14.8. The number of halogens is 1. The van der Waals surface area contributed by atoms with E-state index in [1.807, 2.05) is 30.3 Å². The van der Waals surface area contributed by atoms with Gasteiger partial charge in [-0.2, -0.15) is 4.98 Å². The minimum atomic E-state index is -0.467. The molecule has 0 saturated carbocycles. The number of benzene rings is 2. The van der Waals surface area contributed by atoms with Crippen LogP contribution < -0.4 is 10.1 Å². The maximum atomic E-state index is 9.63. The lowest BCUT2D eigenvalue weighted by Crippen LogP contribution is -2.17. The van der Waals surface area contributed by atoms with Gasteiger partial charge >= 0.3 is 0 Å². The lowest BCUT2D eigenvalue weighted by Gasteiger charge is -2.19. The molecule has 30 heavy (non-hydrogen) atoms. The lowest BCUT2D eigenvalue weighted by molar-refractivity contribution is 0.225. The predicted molar refractivity (Wildman–Crippen MR) is 123 cm³/mol. The van der Waals surface area contributed by atoms with Crippen molar-refractivity contribution in [1.82, 2.24) is 15.2 Å². The third-order valence-electron chi connectivity index (χ3n) is 4.81. The Bertz CT molecular complexity index is 1020. The molecule has 0 radical (unpaired) electrons. The number of fused-ring (bicyclic) bond motifs is 3. The minimum absolute atomic E-state index is 0.211. The number of nitrogens with one attached hydrogen (secondary N) is 1. The van der Waals surface area contributed by atoms with E-state index >= 15 is 0 Å². The predicted octanol–water partition coefficient (Wildman–Crippen LogP) is 6.18. The first-order valence-corrected chi connectivity index (χ1v) is 11.8. The van der Waals surface area contributed by atoms with Crippen molar-refractivity contribution in [1.29, 1.82) is 0 Å². The highest BCUT2D eigenvalue weighted by molar-refractivity contribution is 9.10. The Morgan fingerprint density at radius 1 is 1.10 bits per heavy atom. The molecule has 8 heteroatoms. The highest BCUT2D eigenvalue weighted by Crippen LogP contribution is 2.41. The zero-order valence-electron chi connectivity index (χ0n) is 16.6. The molecule has 0 saturated heterocycles. The first-order valence-electron chi connectivity index (χ1n) is 10.0. The van der Waals surface area contributed by atoms with Crippen LogP contribution in [0.5, 0.6) is 11.6 Å². The molecule has 1 aliphatic heterocycles. The highest BCUT2D eigenvalue weighted by Gasteiger charge is 2.26. The number of rotatable bonds is 7. The van der Waals surface area contributed by atoms with Crippen molar-refractivity contribution in [2.75, 3.05) is 11.1 Å². The van der Waals surface area contributed by atoms with Crippen LogP contribution in [0.1, 0.15) is 44.4 Å². The fourth-order valence-corrected chi connectivity index (χ4v) is 4.36. The molecule has 156 valence electrons. The van der Waals surface area contributed by atoms with Crippen molar-refractivity contribution < 1.29 is 9.84 Å². The molecule has 0 spiro atoms. The Morgan fingerprint density at radius 3 is 2.73 bits per heavy atom. The largest absolute Gasteiger partial charge is 0.508 e. The molecule has 0 bridgehead atoms. The number of phenolic OH excluding ortho intramolecular Hbond substituents is 1. The second kappa shape index (κ2) is 9.66. The second-order valence-corrected chi connectivity index (χ2v) is 9.06. The van der Waals surface area contributed by atoms with Gasteiger partial charge in [-0.15, -0.1) is 10.2 Å². The topological polar surface area (TPSA) is 80.2 Å². The number of aromatic nitrogens is 3. The number of aromatic hydroxyl groups is 1. The minimum Gasteiger partial charge on any atom is -0.508 e. The number of unbranched alkanes of at least 4 members (excludes halogenated alkanes) is 3. The van der Waals surface area contributed by atoms with E-state index in [9.17, 15) is 5.11 Å². The Kier molecular flexibility index (Phi) is 6.74. The number of hydrogen-bond donors (Lipinski definition) is 2. The fourth-order valence-electron chi connectivity index (χ4n) is 3.22. The van der Waals surface area contributed by atoms with Crippen LogP contribution in [0.2, 0.25) is 0 Å². The van der Waals surface area contributed by atoms with Crippen molar-refractivity contribution in [3.63, 3.8) is 0 Å². The zero-order chi connectivity index (χ0) is 20.9. The first kappa shape index (κ1) is 20.9. The molecule has 4 rings (SSSR count). The van der Waals surface area contributed by atoms with Gasteiger partial charge in [0.05, 0.1) is 0 Å². The Hall–Kier alpha value is -2.32. The van der Waals surface area contributed by atoms with Gasteiger partial charge in [0, 0.05) is 27.0 Å². The molecule has 2 aromatic carbocycles. The van der Waals surface area contributed by atoms with E-state index in [1.165, 1.54) is 19.3 Å². The highest BCUT2D eigenvalue weighted by atomic mass is 79.9. The molecule has 1 atom stereocenters. The molecule has 1 aromatic heterocycles. The summed E-state index contributed by atoms with van der Waals surface area (Å²) in [7, 11) is 0. The summed E-state index contributed by atoms with van der Waals surface area (Å²) in [4.78, 5) is 4.68. The van der Waals surface area contributed by atoms with Crippen LogP contribution >= 0.6 is 27.7 Å². The van der Waals surface area contributed by atoms with E-state index in [1.54, 1.807) is 23.9 Å². The summed E-state index contributed by atoms with van der Waals surface area (Å²) in [5.41, 5.74) is 3.24. The number of ether oxygens (including phenoxy) is 1. The number of thioether (sulfide) groups is 1. The van der Waals surface area contributed by atoms with E-state index < -0.39 is 6.23 Å². The molecule has 2 N–H and O–H groups in total. The van der Waals surface area contributed by atoms with Crippen LogP contribution in [-0.4, -0.2) is 26.0 Å². The molecule has 0 aliphatic carbocycles. The third kappa shape index (κ3) is 4.87. The average Bonchev–Trinajstić information content (AvgIpc) is 2.90. The summed E-state index contributed by atoms with van der Waals surface area (Å²) in [6.07, 6.45) is 4.35. The van der Waals surface area contributed by atoms with Gasteiger partial charge in [-0.05, 0) is 48.9 Å². The van der Waals surface area contributed by atoms with Crippen LogP contribution in [0.4, 0.5) is 5.69 Å². The standard InChI is InChI=1S/C22H23BrN4O2S/c1-2-3-4-5-12-30-22-25-21-19(26-27-22)17-13-15(23)8-11-18(17)24-20(29-21)14-6-9-16(28)10-7-14/h6-11,13,20,24,28H,2-5,12H2,1H3/t20-/m1/s1. The molecular weight excluding hydrogens is 464 g/mol. The maximum absolute atomic E-state index is 9.63. The zero-order valence-corrected chi connectivity index (χ0v) is 19.0. The van der Waals surface area contributed by atoms with Crippen molar-refractivity contribution >= 4 is 33.4 Å². The fraction of sp³-hybridized carbons (Fsp3) is 0.318. The van der Waals surface area contributed by atoms with Crippen molar-refractivity contribution in [3.8, 4) is 22.9 Å². The summed E-state index contributed by atoms with van der Waals surface area (Å²) >= 11 is 5.14. The van der Waals surface area contributed by atoms with Crippen molar-refractivity contribution in [2.24, 2.45) is 0 Å². The molecule has 2 heterocycles. The van der Waals surface area contributed by atoms with Crippen LogP contribution in [-0.2, 0) is 0 Å². The quantitative estimate of drug-likeness (QED) is 0.304. The summed E-state index contributed by atoms with van der Waals surface area (Å²) < 4.78 is 7.19. The van der Waals surface area contributed by atoms with Gasteiger partial charge in [0.25, 0.3) is 0 Å². The van der Waals surface area contributed by atoms with Crippen molar-refractivity contribution in [2.45, 2.75) is 44.0 Å². The van der Waals surface area contributed by atoms with Crippen molar-refractivity contribution in [3.05, 3.63) is 52.5 Å². The monoisotopic (exact) mass is 486 g/mol. The van der Waals surface area contributed by atoms with Gasteiger partial charge in [-0.25, -0.2) is 0 Å².